The molecule has 5 heterocycles. The molecule has 5 aliphatic heterocycles. The lowest BCUT2D eigenvalue weighted by Crippen LogP contribution is -2.55. The maximum atomic E-state index is 12.7. The molecule has 14 amide bonds. The number of carbonyl (C=O) groups excluding carboxylic acids is 14. The van der Waals surface area contributed by atoms with Gasteiger partial charge in [-0.15, -0.1) is 0 Å². The van der Waals surface area contributed by atoms with Crippen LogP contribution in [0.25, 0.3) is 0 Å². The Morgan fingerprint density at radius 1 is 0.444 bits per heavy atom. The molecule has 14 unspecified atom stereocenters. The number of carboxylic acid groups (broad SMARTS) is 2. The van der Waals surface area contributed by atoms with Gasteiger partial charge in [0.15, 0.2) is 0 Å². The van der Waals surface area contributed by atoms with Crippen LogP contribution in [0.4, 0.5) is 0 Å². The molecule has 0 spiro atoms. The number of hydrogen-bond donors (Lipinski definition) is 13. The maximum Gasteiger partial charge on any atom is 0.306 e. The fourth-order valence-corrected chi connectivity index (χ4v) is 10.9. The van der Waals surface area contributed by atoms with Gasteiger partial charge in [0.1, 0.15) is 0 Å². The highest BCUT2D eigenvalue weighted by atomic mass is 16.4. The molecule has 0 aromatic heterocycles. The fourth-order valence-electron chi connectivity index (χ4n) is 10.9. The lowest BCUT2D eigenvalue weighted by atomic mass is 9.88. The van der Waals surface area contributed by atoms with Crippen molar-refractivity contribution in [2.75, 3.05) is 65.4 Å². The quantitative estimate of drug-likeness (QED) is 0.0261. The highest BCUT2D eigenvalue weighted by molar-refractivity contribution is 6.14. The highest BCUT2D eigenvalue weighted by Gasteiger charge is 2.39. The van der Waals surface area contributed by atoms with Crippen LogP contribution in [0.15, 0.2) is 36.5 Å². The Morgan fingerprint density at radius 3 is 1.03 bits per heavy atom. The Kier molecular flexibility index (Phi) is 37.7. The van der Waals surface area contributed by atoms with Gasteiger partial charge in [0, 0.05) is 125 Å². The molecule has 0 aromatic rings. The van der Waals surface area contributed by atoms with Crippen molar-refractivity contribution < 1.29 is 123 Å². The minimum absolute atomic E-state index is 0.00238. The first-order valence-electron chi connectivity index (χ1n) is 33.1. The summed E-state index contributed by atoms with van der Waals surface area (Å²) in [6.07, 6.45) is 2.23. The van der Waals surface area contributed by atoms with Gasteiger partial charge in [-0.2, -0.15) is 0 Å². The van der Waals surface area contributed by atoms with Crippen molar-refractivity contribution in [3.05, 3.63) is 36.5 Å². The molecule has 0 bridgehead atoms. The number of amides is 14. The van der Waals surface area contributed by atoms with E-state index in [1.54, 1.807) is 20.8 Å². The number of aliphatic hydroxyl groups excluding tert-OH is 6. The van der Waals surface area contributed by atoms with Crippen LogP contribution in [0.2, 0.25) is 0 Å². The first-order chi connectivity index (χ1) is 46.4. The summed E-state index contributed by atoms with van der Waals surface area (Å²) in [5.74, 6) is -13.0. The average Bonchev–Trinajstić information content (AvgIpc) is 1.84. The van der Waals surface area contributed by atoms with Crippen LogP contribution in [0.1, 0.15) is 126 Å². The first-order valence-corrected chi connectivity index (χ1v) is 33.1. The normalized spacial score (nSPS) is 20.2. The van der Waals surface area contributed by atoms with E-state index in [1.807, 2.05) is 6.92 Å². The molecule has 554 valence electrons. The second-order valence-electron chi connectivity index (χ2n) is 25.2. The Bertz CT molecular complexity index is 2920. The van der Waals surface area contributed by atoms with E-state index in [-0.39, 0.29) is 138 Å². The molecule has 2 saturated heterocycles. The molecule has 34 heteroatoms. The smallest absolute Gasteiger partial charge is 0.306 e. The van der Waals surface area contributed by atoms with Gasteiger partial charge >= 0.3 is 11.9 Å². The largest absolute Gasteiger partial charge is 0.481 e. The van der Waals surface area contributed by atoms with Crippen LogP contribution < -0.4 is 27.0 Å². The number of carboxylic acids is 2. The third-order valence-corrected chi connectivity index (χ3v) is 16.8. The predicted molar refractivity (Wildman–Crippen MR) is 346 cm³/mol. The first kappa shape index (κ1) is 86.5. The lowest BCUT2D eigenvalue weighted by molar-refractivity contribution is -0.367. The van der Waals surface area contributed by atoms with Gasteiger partial charge < -0.3 is 67.9 Å². The lowest BCUT2D eigenvalue weighted by Gasteiger charge is -2.27. The molecule has 0 aliphatic carbocycles. The van der Waals surface area contributed by atoms with Gasteiger partial charge in [0.05, 0.1) is 73.4 Å². The van der Waals surface area contributed by atoms with E-state index in [9.17, 15) is 107 Å². The van der Waals surface area contributed by atoms with E-state index in [4.69, 9.17) is 10.2 Å². The van der Waals surface area contributed by atoms with Crippen molar-refractivity contribution in [3.63, 3.8) is 0 Å². The fraction of sp³-hybridized carbons (Fsp3) is 0.662. The van der Waals surface area contributed by atoms with Crippen molar-refractivity contribution >= 4 is 94.6 Å². The standard InChI is InChI=1S/C25H40N4O9.C23H32N4O9.C11H20O4.C6H8N2O2/c1-13-9-19(32)28(24(13)37)7-5-26-22(35)16(4)21(34)18(31)12-17(11-15(3)30)23(36)27-6-8-29-20(33)10-14(2)25(29)38;1-13(28)11-15(23(36)25-8-10-27-19(32)5-6-20(27)33)12-16(29)21(34)14(2)22(35)24-7-9-26-17(30)3-4-18(26)31;1-3-5-9(11(14)15)7-4-6-8(2)10(12)13;7-3-4-8-5(9)1-2-6(8)10/h13-18,21,30-31,34H,5-12H2,1-4H3,(H,26,35)(H,27,36);3-6,13-16,21,28-29,34H,7-12H2,1-2H3,(H,24,35)(H,25,36);8-9H,3-7H2,1-2H3,(H,12,13)(H,14,15);1-2H,3-4,7H2/p+1. The molecule has 99 heavy (non-hydrogen) atoms. The van der Waals surface area contributed by atoms with Gasteiger partial charge in [-0.05, 0) is 58.8 Å². The highest BCUT2D eigenvalue weighted by Crippen LogP contribution is 2.24. The topological polar surface area (TPSA) is 527 Å². The summed E-state index contributed by atoms with van der Waals surface area (Å²) in [7, 11) is 0. The van der Waals surface area contributed by atoms with Crippen LogP contribution in [-0.4, -0.2) is 262 Å². The number of imide groups is 5. The molecule has 2 fully saturated rings. The zero-order chi connectivity index (χ0) is 75.1. The second-order valence-corrected chi connectivity index (χ2v) is 25.2. The van der Waals surface area contributed by atoms with Crippen molar-refractivity contribution in [1.29, 1.82) is 0 Å². The number of likely N-dealkylation sites (tertiary alicyclic amines) is 2. The van der Waals surface area contributed by atoms with Crippen LogP contribution in [0.3, 0.4) is 0 Å². The molecular formula is C65H101N10O24+. The van der Waals surface area contributed by atoms with Crippen LogP contribution in [0.5, 0.6) is 0 Å². The number of rotatable bonds is 38. The van der Waals surface area contributed by atoms with Gasteiger partial charge in [0.2, 0.25) is 47.3 Å². The SMILES string of the molecule is CC(O)CC(CC(O)C(O)C(C)C(=O)NCCN1C(=O)C=CC1=O)C(=O)NCCN1C(=O)C=CC1=O.CC(O)CC(CC(O)C(O)C(C)C(=O)NCCN1C(=O)CC(C)C1=O)C(=O)NCCN1C(=O)CC(C)C1=O.CCCC(CCCC(C)C(=O)O)C(=O)O.[NH3+]CCN1C(=O)C=CC1=O. The number of nitrogens with one attached hydrogen (secondary N) is 4. The van der Waals surface area contributed by atoms with Crippen molar-refractivity contribution in [3.8, 4) is 0 Å². The molecule has 5 rings (SSSR count). The van der Waals surface area contributed by atoms with Crippen LogP contribution in [-0.2, 0) is 76.7 Å². The minimum atomic E-state index is -1.54. The van der Waals surface area contributed by atoms with Crippen LogP contribution >= 0.6 is 0 Å². The number of nitrogens with zero attached hydrogens (tertiary/aromatic N) is 5. The molecule has 0 radical (unpaired) electrons. The van der Waals surface area contributed by atoms with Crippen molar-refractivity contribution in [2.24, 2.45) is 47.3 Å². The summed E-state index contributed by atoms with van der Waals surface area (Å²) >= 11 is 0. The number of hydrogen-bond acceptors (Lipinski definition) is 22. The van der Waals surface area contributed by atoms with Gasteiger partial charge in [-0.3, -0.25) is 101 Å². The molecule has 15 N–H and O–H groups in total. The summed E-state index contributed by atoms with van der Waals surface area (Å²) in [5, 5.41) is 89.4. The summed E-state index contributed by atoms with van der Waals surface area (Å²) in [6, 6.07) is 0. The van der Waals surface area contributed by atoms with E-state index < -0.39 is 131 Å². The Balaban J connectivity index is 0.000000502. The zero-order valence-electron chi connectivity index (χ0n) is 57.4. The summed E-state index contributed by atoms with van der Waals surface area (Å²) in [4.78, 5) is 192. The van der Waals surface area contributed by atoms with Crippen LogP contribution in [0, 0.1) is 47.3 Å². The van der Waals surface area contributed by atoms with E-state index in [0.29, 0.717) is 38.8 Å². The number of quaternary nitrogens is 1. The average molecular weight is 1410 g/mol. The molecule has 14 atom stereocenters. The van der Waals surface area contributed by atoms with Gasteiger partial charge in [0.25, 0.3) is 35.4 Å². The van der Waals surface area contributed by atoms with E-state index in [2.05, 4.69) is 27.0 Å². The van der Waals surface area contributed by atoms with Crippen molar-refractivity contribution in [1.82, 2.24) is 45.8 Å². The minimum Gasteiger partial charge on any atom is -0.481 e. The second kappa shape index (κ2) is 43.1. The third kappa shape index (κ3) is 28.7. The molecule has 0 aromatic carbocycles. The molecule has 0 saturated carbocycles. The predicted octanol–water partition coefficient (Wildman–Crippen LogP) is -4.12. The Hall–Kier alpha value is -8.54. The van der Waals surface area contributed by atoms with E-state index >= 15 is 0 Å². The molecule has 5 aliphatic rings. The summed E-state index contributed by atoms with van der Waals surface area (Å²) < 4.78 is 0. The molecular weight excluding hydrogens is 1300 g/mol. The Labute approximate surface area is 573 Å². The number of aliphatic hydroxyl groups is 6. The van der Waals surface area contributed by atoms with E-state index in [1.165, 1.54) is 44.7 Å². The number of carbonyl (C=O) groups is 16. The van der Waals surface area contributed by atoms with Gasteiger partial charge in [-0.25, -0.2) is 0 Å². The third-order valence-electron chi connectivity index (χ3n) is 16.8. The molecule has 34 nitrogen and oxygen atoms in total. The summed E-state index contributed by atoms with van der Waals surface area (Å²) in [5.41, 5.74) is 3.54. The number of aliphatic carboxylic acids is 2. The zero-order valence-corrected chi connectivity index (χ0v) is 57.4. The van der Waals surface area contributed by atoms with Gasteiger partial charge in [-0.1, -0.05) is 54.4 Å². The van der Waals surface area contributed by atoms with Crippen molar-refractivity contribution in [2.45, 2.75) is 163 Å². The Morgan fingerprint density at radius 2 is 0.758 bits per heavy atom. The maximum absolute atomic E-state index is 12.7. The monoisotopic (exact) mass is 1410 g/mol. The van der Waals surface area contributed by atoms with E-state index in [0.717, 1.165) is 50.3 Å². The summed E-state index contributed by atoms with van der Waals surface area (Å²) in [6.45, 7) is 13.4.